The maximum atomic E-state index is 12.2. The van der Waals surface area contributed by atoms with E-state index in [1.54, 1.807) is 7.11 Å². The first-order chi connectivity index (χ1) is 14.7. The van der Waals surface area contributed by atoms with Crippen LogP contribution in [0.4, 0.5) is 10.5 Å². The molecule has 0 spiro atoms. The molecule has 6 nitrogen and oxygen atoms in total. The molecule has 2 aromatic rings. The molecule has 2 saturated heterocycles. The van der Waals surface area contributed by atoms with E-state index in [-0.39, 0.29) is 12.0 Å². The first-order valence-electron chi connectivity index (χ1n) is 10.7. The highest BCUT2D eigenvalue weighted by Gasteiger charge is 2.38. The molecule has 2 aliphatic heterocycles. The minimum atomic E-state index is -0.237. The fourth-order valence-corrected chi connectivity index (χ4v) is 4.74. The van der Waals surface area contributed by atoms with E-state index < -0.39 is 0 Å². The third kappa shape index (κ3) is 4.54. The summed E-state index contributed by atoms with van der Waals surface area (Å²) in [4.78, 5) is 19.0. The van der Waals surface area contributed by atoms with E-state index in [0.717, 1.165) is 45.0 Å². The van der Waals surface area contributed by atoms with Crippen molar-refractivity contribution >= 4 is 11.8 Å². The lowest BCUT2D eigenvalue weighted by Gasteiger charge is -2.37. The molecule has 0 bridgehead atoms. The van der Waals surface area contributed by atoms with Gasteiger partial charge >= 0.3 is 6.09 Å². The van der Waals surface area contributed by atoms with Crippen LogP contribution in [0.25, 0.3) is 0 Å². The molecule has 0 aromatic heterocycles. The molecule has 2 unspecified atom stereocenters. The van der Waals surface area contributed by atoms with Crippen LogP contribution in [-0.4, -0.2) is 75.9 Å². The molecule has 2 heterocycles. The number of methoxy groups -OCH3 is 2. The lowest BCUT2D eigenvalue weighted by atomic mass is 9.88. The Labute approximate surface area is 179 Å². The van der Waals surface area contributed by atoms with Crippen LogP contribution in [0.2, 0.25) is 0 Å². The molecule has 1 amide bonds. The summed E-state index contributed by atoms with van der Waals surface area (Å²) in [5.41, 5.74) is 2.53. The van der Waals surface area contributed by atoms with Crippen molar-refractivity contribution in [2.24, 2.45) is 5.92 Å². The van der Waals surface area contributed by atoms with Crippen LogP contribution in [0.1, 0.15) is 11.5 Å². The lowest BCUT2D eigenvalue weighted by Crippen LogP contribution is -2.48. The largest absolute Gasteiger partial charge is 0.497 e. The number of hydrogen-bond donors (Lipinski definition) is 0. The fraction of sp³-hybridized carbons (Fsp3) is 0.458. The van der Waals surface area contributed by atoms with Gasteiger partial charge < -0.3 is 19.3 Å². The predicted molar refractivity (Wildman–Crippen MR) is 118 cm³/mol. The average molecular weight is 410 g/mol. The second-order valence-electron chi connectivity index (χ2n) is 8.14. The Balaban J connectivity index is 1.43. The number of amides is 1. The second-order valence-corrected chi connectivity index (χ2v) is 8.14. The summed E-state index contributed by atoms with van der Waals surface area (Å²) in [6, 6.07) is 18.9. The zero-order chi connectivity index (χ0) is 20.9. The van der Waals surface area contributed by atoms with Crippen LogP contribution in [-0.2, 0) is 4.74 Å². The summed E-state index contributed by atoms with van der Waals surface area (Å²) in [5, 5.41) is 0. The SMILES string of the molecule is COC(=O)N1CC(CN2CCN(c3ccccc3)CC2)C(c2cccc(OC)c2)C1. The molecular weight excluding hydrogens is 378 g/mol. The van der Waals surface area contributed by atoms with E-state index in [9.17, 15) is 4.79 Å². The Hall–Kier alpha value is -2.73. The summed E-state index contributed by atoms with van der Waals surface area (Å²) >= 11 is 0. The first-order valence-corrected chi connectivity index (χ1v) is 10.7. The minimum Gasteiger partial charge on any atom is -0.497 e. The van der Waals surface area contributed by atoms with Crippen LogP contribution in [0, 0.1) is 5.92 Å². The number of piperazine rings is 1. The molecule has 2 aromatic carbocycles. The number of hydrogen-bond acceptors (Lipinski definition) is 5. The monoisotopic (exact) mass is 409 g/mol. The van der Waals surface area contributed by atoms with Gasteiger partial charge in [0.25, 0.3) is 0 Å². The van der Waals surface area contributed by atoms with Crippen molar-refractivity contribution in [2.45, 2.75) is 5.92 Å². The fourth-order valence-electron chi connectivity index (χ4n) is 4.74. The molecule has 4 rings (SSSR count). The highest BCUT2D eigenvalue weighted by atomic mass is 16.5. The maximum absolute atomic E-state index is 12.2. The number of carbonyl (C=O) groups is 1. The number of carbonyl (C=O) groups excluding carboxylic acids is 1. The zero-order valence-electron chi connectivity index (χ0n) is 17.9. The molecular formula is C24H31N3O3. The molecule has 0 radical (unpaired) electrons. The third-order valence-electron chi connectivity index (χ3n) is 6.38. The smallest absolute Gasteiger partial charge is 0.409 e. The predicted octanol–water partition coefficient (Wildman–Crippen LogP) is 3.30. The molecule has 6 heteroatoms. The lowest BCUT2D eigenvalue weighted by molar-refractivity contribution is 0.129. The molecule has 2 fully saturated rings. The first kappa shape index (κ1) is 20.5. The van der Waals surface area contributed by atoms with Crippen LogP contribution in [0.3, 0.4) is 0 Å². The molecule has 0 aliphatic carbocycles. The Morgan fingerprint density at radius 1 is 0.967 bits per heavy atom. The summed E-state index contributed by atoms with van der Waals surface area (Å²) in [6.07, 6.45) is -0.237. The van der Waals surface area contributed by atoms with Crippen LogP contribution in [0.5, 0.6) is 5.75 Å². The topological polar surface area (TPSA) is 45.2 Å². The minimum absolute atomic E-state index is 0.237. The molecule has 2 atom stereocenters. The van der Waals surface area contributed by atoms with Gasteiger partial charge in [0.2, 0.25) is 0 Å². The average Bonchev–Trinajstić information content (AvgIpc) is 3.23. The van der Waals surface area contributed by atoms with Gasteiger partial charge in [-0.1, -0.05) is 30.3 Å². The van der Waals surface area contributed by atoms with Crippen molar-refractivity contribution in [2.75, 3.05) is 64.9 Å². The number of likely N-dealkylation sites (tertiary alicyclic amines) is 1. The van der Waals surface area contributed by atoms with Gasteiger partial charge in [0.1, 0.15) is 5.75 Å². The summed E-state index contributed by atoms with van der Waals surface area (Å²) in [6.45, 7) is 6.53. The van der Waals surface area contributed by atoms with Crippen LogP contribution >= 0.6 is 0 Å². The van der Waals surface area contributed by atoms with E-state index in [2.05, 4.69) is 52.3 Å². The molecule has 160 valence electrons. The van der Waals surface area contributed by atoms with Gasteiger partial charge in [-0.2, -0.15) is 0 Å². The number of rotatable bonds is 5. The Morgan fingerprint density at radius 2 is 1.73 bits per heavy atom. The molecule has 0 N–H and O–H groups in total. The summed E-state index contributed by atoms with van der Waals surface area (Å²) < 4.78 is 10.4. The van der Waals surface area contributed by atoms with Gasteiger partial charge in [-0.3, -0.25) is 4.90 Å². The normalized spacial score (nSPS) is 22.2. The van der Waals surface area contributed by atoms with Crippen molar-refractivity contribution in [1.29, 1.82) is 0 Å². The Morgan fingerprint density at radius 3 is 2.43 bits per heavy atom. The van der Waals surface area contributed by atoms with E-state index in [4.69, 9.17) is 9.47 Å². The van der Waals surface area contributed by atoms with Gasteiger partial charge in [0, 0.05) is 57.4 Å². The molecule has 0 saturated carbocycles. The van der Waals surface area contributed by atoms with Gasteiger partial charge in [-0.15, -0.1) is 0 Å². The Kier molecular flexibility index (Phi) is 6.43. The zero-order valence-corrected chi connectivity index (χ0v) is 17.9. The van der Waals surface area contributed by atoms with Gasteiger partial charge in [0.15, 0.2) is 0 Å². The van der Waals surface area contributed by atoms with Crippen LogP contribution in [0.15, 0.2) is 54.6 Å². The standard InChI is InChI=1S/C24H31N3O3/c1-29-22-10-6-7-19(15-22)23-18-27(24(28)30-2)17-20(23)16-25-11-13-26(14-12-25)21-8-4-3-5-9-21/h3-10,15,20,23H,11-14,16-18H2,1-2H3. The molecule has 30 heavy (non-hydrogen) atoms. The number of benzene rings is 2. The van der Waals surface area contributed by atoms with Gasteiger partial charge in [-0.25, -0.2) is 4.79 Å². The third-order valence-corrected chi connectivity index (χ3v) is 6.38. The number of nitrogens with zero attached hydrogens (tertiary/aromatic N) is 3. The van der Waals surface area contributed by atoms with E-state index >= 15 is 0 Å². The highest BCUT2D eigenvalue weighted by molar-refractivity contribution is 5.68. The number of ether oxygens (including phenoxy) is 2. The second kappa shape index (κ2) is 9.39. The van der Waals surface area contributed by atoms with Crippen molar-refractivity contribution in [3.05, 3.63) is 60.2 Å². The van der Waals surface area contributed by atoms with E-state index in [1.165, 1.54) is 18.4 Å². The highest BCUT2D eigenvalue weighted by Crippen LogP contribution is 2.35. The van der Waals surface area contributed by atoms with E-state index in [1.807, 2.05) is 17.0 Å². The molecule has 2 aliphatic rings. The summed E-state index contributed by atoms with van der Waals surface area (Å²) in [7, 11) is 3.15. The van der Waals surface area contributed by atoms with Crippen molar-refractivity contribution in [3.63, 3.8) is 0 Å². The van der Waals surface area contributed by atoms with E-state index in [0.29, 0.717) is 12.5 Å². The van der Waals surface area contributed by atoms with Crippen molar-refractivity contribution in [3.8, 4) is 5.75 Å². The number of para-hydroxylation sites is 1. The Bertz CT molecular complexity index is 837. The van der Waals surface area contributed by atoms with Gasteiger partial charge in [-0.05, 0) is 35.7 Å². The quantitative estimate of drug-likeness (QED) is 0.758. The van der Waals surface area contributed by atoms with Crippen molar-refractivity contribution in [1.82, 2.24) is 9.80 Å². The number of anilines is 1. The van der Waals surface area contributed by atoms with Crippen molar-refractivity contribution < 1.29 is 14.3 Å². The van der Waals surface area contributed by atoms with Gasteiger partial charge in [0.05, 0.1) is 14.2 Å². The van der Waals surface area contributed by atoms with Crippen LogP contribution < -0.4 is 9.64 Å². The summed E-state index contributed by atoms with van der Waals surface area (Å²) in [5.74, 6) is 1.52. The maximum Gasteiger partial charge on any atom is 0.409 e.